The van der Waals surface area contributed by atoms with E-state index in [0.29, 0.717) is 43.3 Å². The van der Waals surface area contributed by atoms with E-state index in [1.54, 1.807) is 6.07 Å². The maximum Gasteiger partial charge on any atom is 0.251 e. The van der Waals surface area contributed by atoms with E-state index in [0.717, 1.165) is 11.1 Å². The Morgan fingerprint density at radius 3 is 2.42 bits per heavy atom. The zero-order valence-corrected chi connectivity index (χ0v) is 17.9. The van der Waals surface area contributed by atoms with Gasteiger partial charge in [0.05, 0.1) is 24.7 Å². The second-order valence-corrected chi connectivity index (χ2v) is 9.21. The van der Waals surface area contributed by atoms with E-state index in [9.17, 15) is 13.2 Å². The van der Waals surface area contributed by atoms with Crippen LogP contribution in [0.4, 0.5) is 0 Å². The van der Waals surface area contributed by atoms with Gasteiger partial charge in [-0.3, -0.25) is 4.79 Å². The molecule has 1 aromatic heterocycles. The number of sulfonamides is 1. The maximum absolute atomic E-state index is 12.7. The number of hydrogen-bond donors (Lipinski definition) is 1. The summed E-state index contributed by atoms with van der Waals surface area (Å²) in [7, 11) is -3.59. The lowest BCUT2D eigenvalue weighted by Crippen LogP contribution is -2.40. The first-order chi connectivity index (χ1) is 14.9. The Kier molecular flexibility index (Phi) is 6.17. The number of rotatable bonds is 6. The molecule has 0 saturated carbocycles. The van der Waals surface area contributed by atoms with Crippen molar-refractivity contribution in [2.45, 2.75) is 18.4 Å². The molecule has 0 aliphatic carbocycles. The molecular weight excluding hydrogens is 418 g/mol. The summed E-state index contributed by atoms with van der Waals surface area (Å²) >= 11 is 0. The molecule has 1 amide bonds. The highest BCUT2D eigenvalue weighted by atomic mass is 32.2. The topological polar surface area (TPSA) is 102 Å². The van der Waals surface area contributed by atoms with Gasteiger partial charge in [0.25, 0.3) is 5.91 Å². The molecule has 2 aromatic carbocycles. The summed E-state index contributed by atoms with van der Waals surface area (Å²) in [5.74, 6) is 0.303. The van der Waals surface area contributed by atoms with Crippen LogP contribution in [-0.2, 0) is 21.3 Å². The molecule has 2 heterocycles. The third-order valence-electron chi connectivity index (χ3n) is 5.05. The Hall–Kier alpha value is -3.01. The molecule has 1 N–H and O–H groups in total. The predicted molar refractivity (Wildman–Crippen MR) is 114 cm³/mol. The SMILES string of the molecule is Cc1ccc(-c2cc(CNC(=O)c3ccc(S(=O)(=O)N4CCOCC4)cc3)no2)cc1. The van der Waals surface area contributed by atoms with Crippen LogP contribution >= 0.6 is 0 Å². The smallest absolute Gasteiger partial charge is 0.251 e. The number of ether oxygens (including phenoxy) is 1. The van der Waals surface area contributed by atoms with E-state index < -0.39 is 10.0 Å². The normalized spacial score (nSPS) is 15.0. The Balaban J connectivity index is 1.37. The molecule has 1 aliphatic heterocycles. The fourth-order valence-corrected chi connectivity index (χ4v) is 4.64. The molecule has 0 unspecified atom stereocenters. The zero-order chi connectivity index (χ0) is 21.8. The highest BCUT2D eigenvalue weighted by Gasteiger charge is 2.26. The van der Waals surface area contributed by atoms with Crippen molar-refractivity contribution in [3.8, 4) is 11.3 Å². The average Bonchev–Trinajstić information content (AvgIpc) is 3.28. The number of nitrogens with one attached hydrogen (secondary N) is 1. The molecule has 3 aromatic rings. The molecule has 0 spiro atoms. The summed E-state index contributed by atoms with van der Waals surface area (Å²) in [6.07, 6.45) is 0. The summed E-state index contributed by atoms with van der Waals surface area (Å²) in [5.41, 5.74) is 3.02. The summed E-state index contributed by atoms with van der Waals surface area (Å²) < 4.78 is 37.3. The van der Waals surface area contributed by atoms with Crippen molar-refractivity contribution in [2.24, 2.45) is 0 Å². The third-order valence-corrected chi connectivity index (χ3v) is 6.96. The van der Waals surface area contributed by atoms with E-state index in [1.807, 2.05) is 31.2 Å². The minimum Gasteiger partial charge on any atom is -0.379 e. The Bertz CT molecular complexity index is 1150. The van der Waals surface area contributed by atoms with Gasteiger partial charge in [-0.05, 0) is 31.2 Å². The van der Waals surface area contributed by atoms with Crippen molar-refractivity contribution in [1.82, 2.24) is 14.8 Å². The van der Waals surface area contributed by atoms with Crippen molar-refractivity contribution in [3.05, 3.63) is 71.4 Å². The number of nitrogens with zero attached hydrogens (tertiary/aromatic N) is 2. The molecule has 1 saturated heterocycles. The monoisotopic (exact) mass is 441 g/mol. The van der Waals surface area contributed by atoms with Gasteiger partial charge in [0.1, 0.15) is 5.69 Å². The van der Waals surface area contributed by atoms with Gasteiger partial charge in [0, 0.05) is 30.3 Å². The second-order valence-electron chi connectivity index (χ2n) is 7.27. The van der Waals surface area contributed by atoms with E-state index in [2.05, 4.69) is 10.5 Å². The van der Waals surface area contributed by atoms with E-state index in [4.69, 9.17) is 9.26 Å². The van der Waals surface area contributed by atoms with Gasteiger partial charge in [0.15, 0.2) is 5.76 Å². The second kappa shape index (κ2) is 9.01. The Morgan fingerprint density at radius 1 is 1.06 bits per heavy atom. The fourth-order valence-electron chi connectivity index (χ4n) is 3.24. The van der Waals surface area contributed by atoms with Gasteiger partial charge in [-0.25, -0.2) is 8.42 Å². The molecule has 8 nitrogen and oxygen atoms in total. The van der Waals surface area contributed by atoms with E-state index in [1.165, 1.54) is 28.6 Å². The van der Waals surface area contributed by atoms with Crippen LogP contribution < -0.4 is 5.32 Å². The van der Waals surface area contributed by atoms with Crippen molar-refractivity contribution in [3.63, 3.8) is 0 Å². The molecule has 31 heavy (non-hydrogen) atoms. The molecule has 4 rings (SSSR count). The molecule has 0 radical (unpaired) electrons. The van der Waals surface area contributed by atoms with Gasteiger partial charge < -0.3 is 14.6 Å². The lowest BCUT2D eigenvalue weighted by atomic mass is 10.1. The van der Waals surface area contributed by atoms with Crippen molar-refractivity contribution < 1.29 is 22.5 Å². The largest absolute Gasteiger partial charge is 0.379 e. The molecule has 0 bridgehead atoms. The van der Waals surface area contributed by atoms with Crippen LogP contribution in [0.15, 0.2) is 64.0 Å². The number of amides is 1. The predicted octanol–water partition coefficient (Wildman–Crippen LogP) is 2.60. The van der Waals surface area contributed by atoms with Crippen molar-refractivity contribution in [1.29, 1.82) is 0 Å². The summed E-state index contributed by atoms with van der Waals surface area (Å²) in [6, 6.07) is 15.6. The minimum absolute atomic E-state index is 0.158. The van der Waals surface area contributed by atoms with Crippen molar-refractivity contribution >= 4 is 15.9 Å². The highest BCUT2D eigenvalue weighted by Crippen LogP contribution is 2.21. The number of morpholine rings is 1. The van der Waals surface area contributed by atoms with Crippen LogP contribution in [0, 0.1) is 6.92 Å². The number of carbonyl (C=O) groups excluding carboxylic acids is 1. The first kappa shape index (κ1) is 21.2. The molecule has 1 fully saturated rings. The summed E-state index contributed by atoms with van der Waals surface area (Å²) in [6.45, 7) is 3.62. The Morgan fingerprint density at radius 2 is 1.74 bits per heavy atom. The lowest BCUT2D eigenvalue weighted by molar-refractivity contribution is 0.0730. The van der Waals surface area contributed by atoms with E-state index >= 15 is 0 Å². The summed E-state index contributed by atoms with van der Waals surface area (Å²) in [5, 5.41) is 6.77. The van der Waals surface area contributed by atoms with Crippen LogP contribution in [0.3, 0.4) is 0 Å². The van der Waals surface area contributed by atoms with Gasteiger partial charge in [-0.2, -0.15) is 4.31 Å². The molecule has 1 aliphatic rings. The third kappa shape index (κ3) is 4.84. The molecule has 0 atom stereocenters. The van der Waals surface area contributed by atoms with Crippen LogP contribution in [0.5, 0.6) is 0 Å². The number of benzene rings is 2. The minimum atomic E-state index is -3.59. The first-order valence-corrected chi connectivity index (χ1v) is 11.4. The quantitative estimate of drug-likeness (QED) is 0.631. The van der Waals surface area contributed by atoms with Gasteiger partial charge in [-0.1, -0.05) is 35.0 Å². The van der Waals surface area contributed by atoms with Crippen molar-refractivity contribution in [2.75, 3.05) is 26.3 Å². The fraction of sp³-hybridized carbons (Fsp3) is 0.273. The summed E-state index contributed by atoms with van der Waals surface area (Å²) in [4.78, 5) is 12.6. The first-order valence-electron chi connectivity index (χ1n) is 9.92. The number of aromatic nitrogens is 1. The lowest BCUT2D eigenvalue weighted by Gasteiger charge is -2.26. The number of hydrogen-bond acceptors (Lipinski definition) is 6. The van der Waals surface area contributed by atoms with Crippen LogP contribution in [0.1, 0.15) is 21.6 Å². The van der Waals surface area contributed by atoms with Crippen LogP contribution in [0.2, 0.25) is 0 Å². The highest BCUT2D eigenvalue weighted by molar-refractivity contribution is 7.89. The number of aryl methyl sites for hydroxylation is 1. The standard InChI is InChI=1S/C22H23N3O5S/c1-16-2-4-17(5-3-16)21-14-19(24-30-21)15-23-22(26)18-6-8-20(9-7-18)31(27,28)25-10-12-29-13-11-25/h2-9,14H,10-13,15H2,1H3,(H,23,26). The van der Waals surface area contributed by atoms with Gasteiger partial charge in [0.2, 0.25) is 10.0 Å². The van der Waals surface area contributed by atoms with E-state index in [-0.39, 0.29) is 17.3 Å². The van der Waals surface area contributed by atoms with Gasteiger partial charge >= 0.3 is 0 Å². The number of carbonyl (C=O) groups is 1. The molecular formula is C22H23N3O5S. The maximum atomic E-state index is 12.7. The van der Waals surface area contributed by atoms with Crippen LogP contribution in [0.25, 0.3) is 11.3 Å². The Labute approximate surface area is 180 Å². The van der Waals surface area contributed by atoms with Crippen LogP contribution in [-0.4, -0.2) is 50.1 Å². The molecule has 9 heteroatoms. The average molecular weight is 442 g/mol. The zero-order valence-electron chi connectivity index (χ0n) is 17.1. The molecule has 162 valence electrons. The van der Waals surface area contributed by atoms with Gasteiger partial charge in [-0.15, -0.1) is 0 Å².